The van der Waals surface area contributed by atoms with E-state index in [1.165, 1.54) is 95.9 Å². The van der Waals surface area contributed by atoms with Crippen molar-refractivity contribution >= 4 is 41.2 Å². The lowest BCUT2D eigenvalue weighted by Gasteiger charge is -2.27. The summed E-state index contributed by atoms with van der Waals surface area (Å²) in [5.74, 6) is -5.35. The Labute approximate surface area is 361 Å². The van der Waals surface area contributed by atoms with Crippen molar-refractivity contribution in [2.45, 2.75) is 180 Å². The molecule has 0 aromatic heterocycles. The molecule has 17 heteroatoms. The predicted molar refractivity (Wildman–Crippen MR) is 231 cm³/mol. The van der Waals surface area contributed by atoms with Crippen molar-refractivity contribution in [2.75, 3.05) is 19.8 Å². The molecule has 61 heavy (non-hydrogen) atoms. The molecule has 346 valence electrons. The first-order valence-corrected chi connectivity index (χ1v) is 22.1. The van der Waals surface area contributed by atoms with Crippen molar-refractivity contribution in [3.8, 4) is 5.75 Å². The Morgan fingerprint density at radius 2 is 1.02 bits per heavy atom. The molecule has 1 aromatic rings. The zero-order chi connectivity index (χ0) is 45.6. The maximum absolute atomic E-state index is 13.7. The van der Waals surface area contributed by atoms with E-state index in [9.17, 15) is 54.0 Å². The molecule has 0 radical (unpaired) electrons. The molecule has 0 fully saturated rings. The molecule has 17 nitrogen and oxygen atoms in total. The Bertz CT molecular complexity index is 1480. The van der Waals surface area contributed by atoms with Gasteiger partial charge in [-0.3, -0.25) is 33.6 Å². The second kappa shape index (κ2) is 32.2. The van der Waals surface area contributed by atoms with Crippen molar-refractivity contribution in [2.24, 2.45) is 0 Å². The largest absolute Gasteiger partial charge is 0.508 e. The normalized spacial score (nSPS) is 14.0. The Balaban J connectivity index is 2.76. The molecule has 1 aromatic carbocycles. The van der Waals surface area contributed by atoms with E-state index in [0.29, 0.717) is 24.8 Å². The minimum atomic E-state index is -1.68. The van der Waals surface area contributed by atoms with Crippen LogP contribution in [0.2, 0.25) is 0 Å². The third kappa shape index (κ3) is 23.8. The van der Waals surface area contributed by atoms with Gasteiger partial charge in [-0.25, -0.2) is 0 Å². The third-order valence-corrected chi connectivity index (χ3v) is 10.3. The van der Waals surface area contributed by atoms with Crippen LogP contribution in [0.15, 0.2) is 24.3 Å². The molecule has 1 unspecified atom stereocenters. The molecule has 0 spiro atoms. The Morgan fingerprint density at radius 1 is 0.557 bits per heavy atom. The molecule has 0 aliphatic carbocycles. The van der Waals surface area contributed by atoms with Crippen LogP contribution in [0.5, 0.6) is 5.75 Å². The highest BCUT2D eigenvalue weighted by Crippen LogP contribution is 2.14. The van der Waals surface area contributed by atoms with Gasteiger partial charge in [0.2, 0.25) is 35.4 Å². The van der Waals surface area contributed by atoms with E-state index in [0.717, 1.165) is 25.7 Å². The number of benzene rings is 1. The van der Waals surface area contributed by atoms with Gasteiger partial charge < -0.3 is 52.3 Å². The molecule has 6 atom stereocenters. The lowest BCUT2D eigenvalue weighted by molar-refractivity contribution is -0.136. The summed E-state index contributed by atoms with van der Waals surface area (Å²) in [6, 6.07) is -1.44. The third-order valence-electron chi connectivity index (χ3n) is 10.3. The SMILES string of the molecule is CCCCCCCCCCCCCCCC(=O)NCC(=O)N[C@@H](CO)C(=O)N[C@@H](CO)C(=O)N[C@@H](Cc1ccc(O)cc1)C(=O)N[C@H](C(=O)N[C@@H](CCCC)C(C)=O)C(C)O. The average Bonchev–Trinajstić information content (AvgIpc) is 3.23. The summed E-state index contributed by atoms with van der Waals surface area (Å²) in [5.41, 5.74) is 0.455. The average molecular weight is 863 g/mol. The van der Waals surface area contributed by atoms with Gasteiger partial charge in [-0.1, -0.05) is 116 Å². The number of hydrogen-bond acceptors (Lipinski definition) is 11. The van der Waals surface area contributed by atoms with Crippen molar-refractivity contribution in [1.29, 1.82) is 0 Å². The van der Waals surface area contributed by atoms with Crippen LogP contribution in [0.25, 0.3) is 0 Å². The second-order valence-corrected chi connectivity index (χ2v) is 15.8. The summed E-state index contributed by atoms with van der Waals surface area (Å²) in [6.45, 7) is 4.40. The van der Waals surface area contributed by atoms with E-state index in [1.54, 1.807) is 0 Å². The van der Waals surface area contributed by atoms with E-state index in [4.69, 9.17) is 0 Å². The summed E-state index contributed by atoms with van der Waals surface area (Å²) in [4.78, 5) is 90.4. The van der Waals surface area contributed by atoms with Crippen LogP contribution in [0.3, 0.4) is 0 Å². The van der Waals surface area contributed by atoms with Gasteiger partial charge in [0.15, 0.2) is 5.78 Å². The van der Waals surface area contributed by atoms with E-state index in [1.807, 2.05) is 6.92 Å². The highest BCUT2D eigenvalue weighted by atomic mass is 16.3. The molecule has 10 N–H and O–H groups in total. The summed E-state index contributed by atoms with van der Waals surface area (Å²) in [6.07, 6.45) is 15.6. The summed E-state index contributed by atoms with van der Waals surface area (Å²) < 4.78 is 0. The van der Waals surface area contributed by atoms with Gasteiger partial charge in [0.05, 0.1) is 31.9 Å². The van der Waals surface area contributed by atoms with Crippen LogP contribution in [0, 0.1) is 0 Å². The van der Waals surface area contributed by atoms with Gasteiger partial charge in [0.1, 0.15) is 29.9 Å². The molecular formula is C44H74N6O11. The molecule has 0 saturated heterocycles. The van der Waals surface area contributed by atoms with Crippen molar-refractivity contribution in [1.82, 2.24) is 31.9 Å². The maximum atomic E-state index is 13.7. The van der Waals surface area contributed by atoms with E-state index < -0.39 is 85.6 Å². The lowest BCUT2D eigenvalue weighted by Crippen LogP contribution is -2.61. The van der Waals surface area contributed by atoms with Crippen molar-refractivity contribution < 1.29 is 54.0 Å². The maximum Gasteiger partial charge on any atom is 0.245 e. The number of hydrogen-bond donors (Lipinski definition) is 10. The van der Waals surface area contributed by atoms with E-state index in [-0.39, 0.29) is 30.3 Å². The summed E-state index contributed by atoms with van der Waals surface area (Å²) in [7, 11) is 0. The fourth-order valence-electron chi connectivity index (χ4n) is 6.53. The highest BCUT2D eigenvalue weighted by molar-refractivity contribution is 5.97. The first kappa shape index (κ1) is 54.4. The number of nitrogens with one attached hydrogen (secondary N) is 6. The van der Waals surface area contributed by atoms with Crippen LogP contribution >= 0.6 is 0 Å². The summed E-state index contributed by atoms with van der Waals surface area (Å²) in [5, 5.41) is 54.5. The van der Waals surface area contributed by atoms with Crippen molar-refractivity contribution in [3.63, 3.8) is 0 Å². The molecule has 0 aliphatic heterocycles. The Hall–Kier alpha value is -4.61. The molecule has 0 saturated carbocycles. The number of carbonyl (C=O) groups excluding carboxylic acids is 7. The minimum Gasteiger partial charge on any atom is -0.508 e. The van der Waals surface area contributed by atoms with Crippen LogP contribution < -0.4 is 31.9 Å². The minimum absolute atomic E-state index is 0.0660. The molecule has 0 aliphatic rings. The number of ketones is 1. The molecular weight excluding hydrogens is 789 g/mol. The van der Waals surface area contributed by atoms with Crippen LogP contribution in [-0.4, -0.2) is 118 Å². The smallest absolute Gasteiger partial charge is 0.245 e. The number of aliphatic hydroxyl groups excluding tert-OH is 3. The number of carbonyl (C=O) groups is 7. The number of aliphatic hydroxyl groups is 3. The first-order chi connectivity index (χ1) is 29.2. The standard InChI is InChI=1S/C44H74N6O11/c1-5-7-9-10-11-12-13-14-15-16-17-18-19-21-38(56)45-27-39(57)46-36(28-51)42(59)49-37(29-52)43(60)48-35(26-32-22-24-33(55)25-23-32)41(58)50-40(31(4)54)44(61)47-34(30(3)53)20-8-6-2/h22-25,31,34-37,40,51-52,54-55H,5-21,26-29H2,1-4H3,(H,45,56)(H,46,57)(H,47,61)(H,48,60)(H,49,59)(H,50,58)/t31?,34-,35-,36-,37-,40-/m0/s1. The topological polar surface area (TPSA) is 273 Å². The van der Waals surface area contributed by atoms with E-state index in [2.05, 4.69) is 38.8 Å². The number of phenols is 1. The van der Waals surface area contributed by atoms with Gasteiger partial charge in [-0.2, -0.15) is 0 Å². The first-order valence-electron chi connectivity index (χ1n) is 22.1. The Morgan fingerprint density at radius 3 is 1.51 bits per heavy atom. The zero-order valence-corrected chi connectivity index (χ0v) is 36.8. The molecule has 6 amide bonds. The fourth-order valence-corrected chi connectivity index (χ4v) is 6.53. The van der Waals surface area contributed by atoms with Crippen molar-refractivity contribution in [3.05, 3.63) is 29.8 Å². The molecule has 0 bridgehead atoms. The number of unbranched alkanes of at least 4 members (excludes halogenated alkanes) is 13. The number of rotatable bonds is 34. The lowest BCUT2D eigenvalue weighted by atomic mass is 10.0. The predicted octanol–water partition coefficient (Wildman–Crippen LogP) is 2.10. The number of Topliss-reactive ketones (excluding diaryl/α,β-unsaturated/α-hetero) is 1. The van der Waals surface area contributed by atoms with Gasteiger partial charge in [-0.05, 0) is 44.4 Å². The number of phenolic OH excluding ortho intramolecular Hbond substituents is 1. The quantitative estimate of drug-likeness (QED) is 0.0449. The van der Waals surface area contributed by atoms with Gasteiger partial charge in [-0.15, -0.1) is 0 Å². The number of aromatic hydroxyl groups is 1. The molecule has 0 heterocycles. The zero-order valence-electron chi connectivity index (χ0n) is 36.8. The fraction of sp³-hybridized carbons (Fsp3) is 0.705. The van der Waals surface area contributed by atoms with E-state index >= 15 is 0 Å². The van der Waals surface area contributed by atoms with Crippen LogP contribution in [0.1, 0.15) is 142 Å². The van der Waals surface area contributed by atoms with Gasteiger partial charge in [0.25, 0.3) is 0 Å². The Kier molecular flexibility index (Phi) is 28.7. The van der Waals surface area contributed by atoms with Gasteiger partial charge in [0, 0.05) is 12.8 Å². The molecule has 1 rings (SSSR count). The van der Waals surface area contributed by atoms with Gasteiger partial charge >= 0.3 is 0 Å². The monoisotopic (exact) mass is 863 g/mol. The second-order valence-electron chi connectivity index (χ2n) is 15.8. The van der Waals surface area contributed by atoms with Crippen LogP contribution in [-0.2, 0) is 40.0 Å². The van der Waals surface area contributed by atoms with Crippen LogP contribution in [0.4, 0.5) is 0 Å². The highest BCUT2D eigenvalue weighted by Gasteiger charge is 2.33. The summed E-state index contributed by atoms with van der Waals surface area (Å²) >= 11 is 0. The number of amides is 6.